The highest BCUT2D eigenvalue weighted by atomic mass is 32.2. The van der Waals surface area contributed by atoms with Gasteiger partial charge >= 0.3 is 0 Å². The second-order valence-corrected chi connectivity index (χ2v) is 8.03. The summed E-state index contributed by atoms with van der Waals surface area (Å²) in [6, 6.07) is 7.18. The van der Waals surface area contributed by atoms with Gasteiger partial charge in [-0.2, -0.15) is 0 Å². The number of rotatable bonds is 5. The Morgan fingerprint density at radius 3 is 2.11 bits per heavy atom. The number of sulfonamides is 1. The van der Waals surface area contributed by atoms with Crippen LogP contribution >= 0.6 is 0 Å². The lowest BCUT2D eigenvalue weighted by Gasteiger charge is -2.19. The smallest absolute Gasteiger partial charge is 0.211 e. The van der Waals surface area contributed by atoms with Crippen LogP contribution in [0, 0.1) is 5.41 Å². The van der Waals surface area contributed by atoms with Crippen molar-refractivity contribution in [3.05, 3.63) is 29.8 Å². The zero-order valence-electron chi connectivity index (χ0n) is 12.5. The lowest BCUT2D eigenvalue weighted by atomic mass is 9.98. The minimum absolute atomic E-state index is 0.0657. The van der Waals surface area contributed by atoms with E-state index in [1.165, 1.54) is 5.56 Å². The molecule has 108 valence electrons. The summed E-state index contributed by atoms with van der Waals surface area (Å²) in [4.78, 5) is 0.337. The maximum Gasteiger partial charge on any atom is 0.240 e. The van der Waals surface area contributed by atoms with Gasteiger partial charge in [0.25, 0.3) is 0 Å². The van der Waals surface area contributed by atoms with Gasteiger partial charge in [0, 0.05) is 6.54 Å². The Morgan fingerprint density at radius 1 is 1.16 bits per heavy atom. The van der Waals surface area contributed by atoms with Gasteiger partial charge in [0.15, 0.2) is 0 Å². The third-order valence-corrected chi connectivity index (χ3v) is 4.58. The molecular formula is C15H25NO2S. The first-order valence-electron chi connectivity index (χ1n) is 6.75. The van der Waals surface area contributed by atoms with E-state index in [1.807, 2.05) is 32.9 Å². The Hall–Kier alpha value is -0.870. The van der Waals surface area contributed by atoms with Crippen LogP contribution in [0.3, 0.4) is 0 Å². The van der Waals surface area contributed by atoms with Crippen LogP contribution in [0.1, 0.15) is 52.5 Å². The summed E-state index contributed by atoms with van der Waals surface area (Å²) in [6.45, 7) is 10.7. The molecule has 1 N–H and O–H groups in total. The molecule has 0 saturated carbocycles. The molecule has 0 aliphatic carbocycles. The van der Waals surface area contributed by atoms with Crippen molar-refractivity contribution in [3.63, 3.8) is 0 Å². The maximum atomic E-state index is 12.1. The molecule has 0 spiro atoms. The molecule has 0 bridgehead atoms. The Morgan fingerprint density at radius 2 is 1.68 bits per heavy atom. The standard InChI is InChI=1S/C15H25NO2S/c1-6-12(2)13-7-9-14(10-8-13)19(17,18)16-11-15(3,4)5/h7-10,12,16H,6,11H2,1-5H3. The van der Waals surface area contributed by atoms with E-state index >= 15 is 0 Å². The molecule has 19 heavy (non-hydrogen) atoms. The Bertz CT molecular complexity index is 498. The highest BCUT2D eigenvalue weighted by Gasteiger charge is 2.18. The van der Waals surface area contributed by atoms with E-state index in [-0.39, 0.29) is 5.41 Å². The van der Waals surface area contributed by atoms with E-state index in [0.29, 0.717) is 17.4 Å². The zero-order valence-corrected chi connectivity index (χ0v) is 13.3. The topological polar surface area (TPSA) is 46.2 Å². The van der Waals surface area contributed by atoms with E-state index in [4.69, 9.17) is 0 Å². The number of hydrogen-bond donors (Lipinski definition) is 1. The van der Waals surface area contributed by atoms with Crippen LogP contribution in [0.4, 0.5) is 0 Å². The van der Waals surface area contributed by atoms with Crippen LogP contribution in [0.5, 0.6) is 0 Å². The van der Waals surface area contributed by atoms with E-state index < -0.39 is 10.0 Å². The van der Waals surface area contributed by atoms with Gasteiger partial charge in [-0.05, 0) is 35.4 Å². The van der Waals surface area contributed by atoms with Crippen molar-refractivity contribution in [1.82, 2.24) is 4.72 Å². The molecule has 1 aromatic carbocycles. The number of nitrogens with one attached hydrogen (secondary N) is 1. The zero-order chi connectivity index (χ0) is 14.7. The molecule has 1 atom stereocenters. The number of hydrogen-bond acceptors (Lipinski definition) is 2. The molecule has 0 heterocycles. The van der Waals surface area contributed by atoms with Gasteiger partial charge in [-0.25, -0.2) is 13.1 Å². The third kappa shape index (κ3) is 4.96. The summed E-state index contributed by atoms with van der Waals surface area (Å²) in [5.74, 6) is 0.458. The quantitative estimate of drug-likeness (QED) is 0.898. The van der Waals surface area contributed by atoms with Gasteiger partial charge in [-0.3, -0.25) is 0 Å². The summed E-state index contributed by atoms with van der Waals surface area (Å²) in [6.07, 6.45) is 1.05. The average Bonchev–Trinajstić information content (AvgIpc) is 2.35. The molecular weight excluding hydrogens is 258 g/mol. The van der Waals surface area contributed by atoms with Crippen LogP contribution in [-0.4, -0.2) is 15.0 Å². The molecule has 0 amide bonds. The highest BCUT2D eigenvalue weighted by molar-refractivity contribution is 7.89. The normalized spacial score (nSPS) is 14.4. The molecule has 1 aromatic rings. The Balaban J connectivity index is 2.85. The summed E-state index contributed by atoms with van der Waals surface area (Å²) < 4.78 is 26.9. The van der Waals surface area contributed by atoms with Crippen molar-refractivity contribution in [2.75, 3.05) is 6.54 Å². The van der Waals surface area contributed by atoms with Crippen LogP contribution in [-0.2, 0) is 10.0 Å². The van der Waals surface area contributed by atoms with Crippen LogP contribution in [0.2, 0.25) is 0 Å². The molecule has 0 fully saturated rings. The first-order valence-corrected chi connectivity index (χ1v) is 8.23. The summed E-state index contributed by atoms with van der Waals surface area (Å²) in [7, 11) is -3.39. The first-order chi connectivity index (χ1) is 8.65. The van der Waals surface area contributed by atoms with Gasteiger partial charge in [0.05, 0.1) is 4.90 Å². The predicted molar refractivity (Wildman–Crippen MR) is 79.8 cm³/mol. The van der Waals surface area contributed by atoms with E-state index in [9.17, 15) is 8.42 Å². The second kappa shape index (κ2) is 6.06. The van der Waals surface area contributed by atoms with E-state index in [0.717, 1.165) is 6.42 Å². The fraction of sp³-hybridized carbons (Fsp3) is 0.600. The van der Waals surface area contributed by atoms with Crippen molar-refractivity contribution < 1.29 is 8.42 Å². The van der Waals surface area contributed by atoms with Gasteiger partial charge in [0.1, 0.15) is 0 Å². The molecule has 1 unspecified atom stereocenters. The van der Waals surface area contributed by atoms with Crippen molar-refractivity contribution in [3.8, 4) is 0 Å². The van der Waals surface area contributed by atoms with Crippen molar-refractivity contribution in [1.29, 1.82) is 0 Å². The molecule has 1 rings (SSSR count). The summed E-state index contributed by atoms with van der Waals surface area (Å²) >= 11 is 0. The SMILES string of the molecule is CCC(C)c1ccc(S(=O)(=O)NCC(C)(C)C)cc1. The lowest BCUT2D eigenvalue weighted by molar-refractivity contribution is 0.407. The summed E-state index contributed by atoms with van der Waals surface area (Å²) in [5, 5.41) is 0. The minimum atomic E-state index is -3.39. The first kappa shape index (κ1) is 16.2. The van der Waals surface area contributed by atoms with Crippen LogP contribution < -0.4 is 4.72 Å². The van der Waals surface area contributed by atoms with Crippen molar-refractivity contribution in [2.24, 2.45) is 5.41 Å². The molecule has 0 aliphatic rings. The minimum Gasteiger partial charge on any atom is -0.211 e. The Kier molecular flexibility index (Phi) is 5.16. The molecule has 3 nitrogen and oxygen atoms in total. The van der Waals surface area contributed by atoms with Crippen molar-refractivity contribution in [2.45, 2.75) is 51.9 Å². The van der Waals surface area contributed by atoms with Crippen LogP contribution in [0.25, 0.3) is 0 Å². The average molecular weight is 283 g/mol. The van der Waals surface area contributed by atoms with E-state index in [1.54, 1.807) is 12.1 Å². The fourth-order valence-corrected chi connectivity index (χ4v) is 2.89. The van der Waals surface area contributed by atoms with Gasteiger partial charge in [-0.15, -0.1) is 0 Å². The largest absolute Gasteiger partial charge is 0.240 e. The second-order valence-electron chi connectivity index (χ2n) is 6.26. The fourth-order valence-electron chi connectivity index (χ4n) is 1.61. The molecule has 0 radical (unpaired) electrons. The van der Waals surface area contributed by atoms with Crippen molar-refractivity contribution >= 4 is 10.0 Å². The Labute approximate surface area is 117 Å². The molecule has 0 aliphatic heterocycles. The van der Waals surface area contributed by atoms with E-state index in [2.05, 4.69) is 18.6 Å². The van der Waals surface area contributed by atoms with Crippen LogP contribution in [0.15, 0.2) is 29.2 Å². The van der Waals surface area contributed by atoms with Gasteiger partial charge in [0.2, 0.25) is 10.0 Å². The molecule has 0 aromatic heterocycles. The molecule has 4 heteroatoms. The highest BCUT2D eigenvalue weighted by Crippen LogP contribution is 2.21. The third-order valence-electron chi connectivity index (χ3n) is 3.16. The van der Waals surface area contributed by atoms with Gasteiger partial charge in [-0.1, -0.05) is 46.8 Å². The molecule has 0 saturated heterocycles. The number of benzene rings is 1. The summed E-state index contributed by atoms with van der Waals surface area (Å²) in [5.41, 5.74) is 1.11. The van der Waals surface area contributed by atoms with Gasteiger partial charge < -0.3 is 0 Å². The monoisotopic (exact) mass is 283 g/mol. The predicted octanol–water partition coefficient (Wildman–Crippen LogP) is 3.52. The lowest BCUT2D eigenvalue weighted by Crippen LogP contribution is -2.32. The maximum absolute atomic E-state index is 12.1.